The van der Waals surface area contributed by atoms with Gasteiger partial charge in [0.2, 0.25) is 0 Å². The maximum atomic E-state index is 11.9. The van der Waals surface area contributed by atoms with E-state index in [-0.39, 0.29) is 5.69 Å². The molecule has 0 saturated heterocycles. The van der Waals surface area contributed by atoms with Crippen LogP contribution in [0.4, 0.5) is 5.69 Å². The predicted octanol–water partition coefficient (Wildman–Crippen LogP) is 1.04. The van der Waals surface area contributed by atoms with E-state index in [2.05, 4.69) is 4.98 Å². The number of aromatic nitrogens is 2. The fraction of sp³-hybridized carbons (Fsp3) is 0.250. The van der Waals surface area contributed by atoms with Crippen LogP contribution >= 0.6 is 0 Å². The Kier molecular flexibility index (Phi) is 4.05. The monoisotopic (exact) mass is 310 g/mol. The highest BCUT2D eigenvalue weighted by atomic mass is 32.2. The van der Waals surface area contributed by atoms with Crippen LogP contribution in [0.5, 0.6) is 0 Å². The van der Waals surface area contributed by atoms with E-state index in [0.717, 1.165) is 8.28 Å². The molecule has 0 bridgehead atoms. The molecular weight excluding hydrogens is 296 g/mol. The Morgan fingerprint density at radius 1 is 1.38 bits per heavy atom. The summed E-state index contributed by atoms with van der Waals surface area (Å²) in [5.41, 5.74) is 1.20. The quantitative estimate of drug-likeness (QED) is 0.607. The number of rotatable bonds is 5. The standard InChI is InChI=1S/C12H14N4O4S/c1-14(2)21(19,20)15-8-11(13-9-15)6-10-4-3-5-12(7-10)16(17)18/h3-5,7-9H,6H2,1-2H3. The van der Waals surface area contributed by atoms with E-state index in [1.165, 1.54) is 38.8 Å². The highest BCUT2D eigenvalue weighted by molar-refractivity contribution is 7.87. The third-order valence-corrected chi connectivity index (χ3v) is 4.50. The van der Waals surface area contributed by atoms with E-state index < -0.39 is 15.1 Å². The maximum Gasteiger partial charge on any atom is 0.308 e. The lowest BCUT2D eigenvalue weighted by Gasteiger charge is -2.10. The van der Waals surface area contributed by atoms with Crippen molar-refractivity contribution in [2.24, 2.45) is 0 Å². The van der Waals surface area contributed by atoms with Crippen LogP contribution in [0.1, 0.15) is 11.3 Å². The summed E-state index contributed by atoms with van der Waals surface area (Å²) in [4.78, 5) is 14.3. The van der Waals surface area contributed by atoms with Gasteiger partial charge in [0.25, 0.3) is 5.69 Å². The van der Waals surface area contributed by atoms with Gasteiger partial charge in [-0.2, -0.15) is 12.7 Å². The Bertz CT molecular complexity index is 767. The summed E-state index contributed by atoms with van der Waals surface area (Å²) >= 11 is 0. The van der Waals surface area contributed by atoms with E-state index in [1.807, 2.05) is 0 Å². The largest absolute Gasteiger partial charge is 0.308 e. The summed E-state index contributed by atoms with van der Waals surface area (Å²) in [5, 5.41) is 10.7. The zero-order valence-corrected chi connectivity index (χ0v) is 12.3. The molecule has 0 radical (unpaired) electrons. The first-order valence-corrected chi connectivity index (χ1v) is 7.39. The number of hydrogen-bond donors (Lipinski definition) is 0. The number of imidazole rings is 1. The van der Waals surface area contributed by atoms with Crippen LogP contribution in [0.25, 0.3) is 0 Å². The van der Waals surface area contributed by atoms with Crippen molar-refractivity contribution in [3.8, 4) is 0 Å². The van der Waals surface area contributed by atoms with Crippen molar-refractivity contribution in [3.05, 3.63) is 58.2 Å². The van der Waals surface area contributed by atoms with E-state index in [1.54, 1.807) is 12.1 Å². The van der Waals surface area contributed by atoms with Crippen LogP contribution in [0.15, 0.2) is 36.8 Å². The highest BCUT2D eigenvalue weighted by Gasteiger charge is 2.17. The average Bonchev–Trinajstić information content (AvgIpc) is 2.88. The van der Waals surface area contributed by atoms with Crippen LogP contribution in [-0.4, -0.2) is 40.7 Å². The molecule has 2 rings (SSSR count). The predicted molar refractivity (Wildman–Crippen MR) is 76.1 cm³/mol. The van der Waals surface area contributed by atoms with Gasteiger partial charge in [-0.25, -0.2) is 8.96 Å². The van der Waals surface area contributed by atoms with Crippen molar-refractivity contribution < 1.29 is 13.3 Å². The van der Waals surface area contributed by atoms with Crippen molar-refractivity contribution in [1.82, 2.24) is 13.3 Å². The first-order chi connectivity index (χ1) is 9.80. The highest BCUT2D eigenvalue weighted by Crippen LogP contribution is 2.16. The fourth-order valence-electron chi connectivity index (χ4n) is 1.74. The molecular formula is C12H14N4O4S. The van der Waals surface area contributed by atoms with Crippen molar-refractivity contribution in [2.45, 2.75) is 6.42 Å². The molecule has 8 nitrogen and oxygen atoms in total. The van der Waals surface area contributed by atoms with Crippen molar-refractivity contribution >= 4 is 15.9 Å². The van der Waals surface area contributed by atoms with Crippen LogP contribution in [0, 0.1) is 10.1 Å². The molecule has 0 spiro atoms. The van der Waals surface area contributed by atoms with E-state index in [4.69, 9.17) is 0 Å². The molecule has 0 aliphatic carbocycles. The minimum atomic E-state index is -3.59. The Labute approximate surface area is 122 Å². The van der Waals surface area contributed by atoms with Crippen LogP contribution in [-0.2, 0) is 16.6 Å². The van der Waals surface area contributed by atoms with Crippen LogP contribution < -0.4 is 0 Å². The second-order valence-electron chi connectivity index (χ2n) is 4.59. The van der Waals surface area contributed by atoms with Gasteiger partial charge in [-0.05, 0) is 5.56 Å². The topological polar surface area (TPSA) is 98.3 Å². The van der Waals surface area contributed by atoms with E-state index in [0.29, 0.717) is 17.7 Å². The number of nitro groups is 1. The average molecular weight is 310 g/mol. The number of nitrogens with zero attached hydrogens (tertiary/aromatic N) is 4. The van der Waals surface area contributed by atoms with E-state index in [9.17, 15) is 18.5 Å². The molecule has 112 valence electrons. The van der Waals surface area contributed by atoms with Crippen molar-refractivity contribution in [3.63, 3.8) is 0 Å². The molecule has 0 aliphatic rings. The lowest BCUT2D eigenvalue weighted by molar-refractivity contribution is -0.384. The normalized spacial score (nSPS) is 11.8. The summed E-state index contributed by atoms with van der Waals surface area (Å²) in [6.07, 6.45) is 2.92. The Morgan fingerprint density at radius 2 is 2.10 bits per heavy atom. The smallest absolute Gasteiger partial charge is 0.258 e. The number of non-ortho nitro benzene ring substituents is 1. The molecule has 0 atom stereocenters. The van der Waals surface area contributed by atoms with Gasteiger partial charge in [-0.3, -0.25) is 10.1 Å². The zero-order chi connectivity index (χ0) is 15.6. The summed E-state index contributed by atoms with van der Waals surface area (Å²) in [6.45, 7) is 0. The second-order valence-corrected chi connectivity index (χ2v) is 6.64. The third kappa shape index (κ3) is 3.26. The van der Waals surface area contributed by atoms with Crippen LogP contribution in [0.3, 0.4) is 0 Å². The molecule has 0 unspecified atom stereocenters. The molecule has 0 aliphatic heterocycles. The maximum absolute atomic E-state index is 11.9. The number of hydrogen-bond acceptors (Lipinski definition) is 5. The Hall–Kier alpha value is -2.26. The van der Waals surface area contributed by atoms with Crippen LogP contribution in [0.2, 0.25) is 0 Å². The van der Waals surface area contributed by atoms with Gasteiger partial charge < -0.3 is 0 Å². The Morgan fingerprint density at radius 3 is 2.71 bits per heavy atom. The molecule has 9 heteroatoms. The molecule has 21 heavy (non-hydrogen) atoms. The number of benzene rings is 1. The fourth-order valence-corrected chi connectivity index (χ4v) is 2.54. The Balaban J connectivity index is 2.24. The molecule has 0 saturated carbocycles. The lowest BCUT2D eigenvalue weighted by Crippen LogP contribution is -2.27. The zero-order valence-electron chi connectivity index (χ0n) is 11.5. The summed E-state index contributed by atoms with van der Waals surface area (Å²) < 4.78 is 25.9. The van der Waals surface area contributed by atoms with Gasteiger partial charge >= 0.3 is 10.2 Å². The molecule has 1 aromatic heterocycles. The van der Waals surface area contributed by atoms with Gasteiger partial charge in [0.1, 0.15) is 6.33 Å². The SMILES string of the molecule is CN(C)S(=O)(=O)n1cnc(Cc2cccc([N+](=O)[O-])c2)c1. The van der Waals surface area contributed by atoms with Gasteiger partial charge in [0, 0.05) is 38.8 Å². The van der Waals surface area contributed by atoms with Gasteiger partial charge in [0.15, 0.2) is 0 Å². The van der Waals surface area contributed by atoms with Gasteiger partial charge in [0.05, 0.1) is 10.6 Å². The van der Waals surface area contributed by atoms with Gasteiger partial charge in [-0.1, -0.05) is 12.1 Å². The lowest BCUT2D eigenvalue weighted by atomic mass is 10.1. The summed E-state index contributed by atoms with van der Waals surface area (Å²) in [6, 6.07) is 6.16. The third-order valence-electron chi connectivity index (χ3n) is 2.85. The van der Waals surface area contributed by atoms with Crippen molar-refractivity contribution in [1.29, 1.82) is 0 Å². The molecule has 2 aromatic rings. The molecule has 1 heterocycles. The molecule has 0 fully saturated rings. The minimum Gasteiger partial charge on any atom is -0.258 e. The minimum absolute atomic E-state index is 0.00662. The van der Waals surface area contributed by atoms with E-state index >= 15 is 0 Å². The summed E-state index contributed by atoms with van der Waals surface area (Å²) in [5.74, 6) is 0. The molecule has 1 aromatic carbocycles. The van der Waals surface area contributed by atoms with Gasteiger partial charge in [-0.15, -0.1) is 0 Å². The first-order valence-electron chi connectivity index (χ1n) is 6.00. The molecule has 0 amide bonds. The second kappa shape index (κ2) is 5.62. The number of nitro benzene ring substituents is 1. The van der Waals surface area contributed by atoms with Crippen molar-refractivity contribution in [2.75, 3.05) is 14.1 Å². The molecule has 0 N–H and O–H groups in total. The summed E-state index contributed by atoms with van der Waals surface area (Å²) in [7, 11) is -0.738. The first kappa shape index (κ1) is 15.1.